The number of amides is 2. The van der Waals surface area contributed by atoms with Crippen LogP contribution in [0, 0.1) is 0 Å². The first-order valence-electron chi connectivity index (χ1n) is 8.84. The molecule has 0 saturated carbocycles. The van der Waals surface area contributed by atoms with Gasteiger partial charge in [0.25, 0.3) is 5.91 Å². The van der Waals surface area contributed by atoms with Gasteiger partial charge in [-0.2, -0.15) is 0 Å². The van der Waals surface area contributed by atoms with Gasteiger partial charge in [-0.25, -0.2) is 4.98 Å². The van der Waals surface area contributed by atoms with Crippen molar-refractivity contribution in [2.45, 2.75) is 31.7 Å². The zero-order chi connectivity index (χ0) is 18.4. The first-order chi connectivity index (χ1) is 12.7. The molecule has 1 aliphatic rings. The van der Waals surface area contributed by atoms with Crippen LogP contribution in [-0.2, 0) is 4.79 Å². The molecule has 3 N–H and O–H groups in total. The Morgan fingerprint density at radius 1 is 1.25 bits per heavy atom. The highest BCUT2D eigenvalue weighted by Crippen LogP contribution is 2.26. The lowest BCUT2D eigenvalue weighted by molar-refractivity contribution is -0.121. The second-order valence-corrected chi connectivity index (χ2v) is 7.27. The number of carbonyl (C=O) groups is 2. The van der Waals surface area contributed by atoms with Crippen molar-refractivity contribution >= 4 is 48.0 Å². The van der Waals surface area contributed by atoms with E-state index >= 15 is 0 Å². The Hall–Kier alpha value is -1.74. The van der Waals surface area contributed by atoms with Gasteiger partial charge in [-0.15, -0.1) is 36.2 Å². The Labute approximate surface area is 180 Å². The van der Waals surface area contributed by atoms with Gasteiger partial charge >= 0.3 is 0 Å². The second kappa shape index (κ2) is 12.0. The lowest BCUT2D eigenvalue weighted by Crippen LogP contribution is -2.49. The van der Waals surface area contributed by atoms with Gasteiger partial charge in [0.05, 0.1) is 11.9 Å². The van der Waals surface area contributed by atoms with Gasteiger partial charge < -0.3 is 16.0 Å². The van der Waals surface area contributed by atoms with Gasteiger partial charge in [0.1, 0.15) is 9.88 Å². The van der Waals surface area contributed by atoms with E-state index in [0.717, 1.165) is 30.0 Å². The van der Waals surface area contributed by atoms with Crippen molar-refractivity contribution in [1.82, 2.24) is 20.2 Å². The monoisotopic (exact) mass is 445 g/mol. The lowest BCUT2D eigenvalue weighted by atomic mass is 10.0. The summed E-state index contributed by atoms with van der Waals surface area (Å²) in [6, 6.07) is 5.64. The van der Waals surface area contributed by atoms with Crippen molar-refractivity contribution in [2.24, 2.45) is 5.73 Å². The van der Waals surface area contributed by atoms with E-state index in [1.54, 1.807) is 12.4 Å². The van der Waals surface area contributed by atoms with Gasteiger partial charge in [0.2, 0.25) is 5.91 Å². The van der Waals surface area contributed by atoms with Crippen LogP contribution < -0.4 is 11.1 Å². The van der Waals surface area contributed by atoms with Gasteiger partial charge in [0.15, 0.2) is 0 Å². The predicted molar refractivity (Wildman–Crippen MR) is 115 cm³/mol. The van der Waals surface area contributed by atoms with Crippen molar-refractivity contribution in [1.29, 1.82) is 0 Å². The minimum absolute atomic E-state index is 0. The van der Waals surface area contributed by atoms with E-state index in [1.807, 2.05) is 23.1 Å². The molecule has 0 bridgehead atoms. The number of piperidine rings is 1. The van der Waals surface area contributed by atoms with Crippen molar-refractivity contribution in [3.05, 3.63) is 35.5 Å². The fourth-order valence-electron chi connectivity index (χ4n) is 3.05. The summed E-state index contributed by atoms with van der Waals surface area (Å²) in [5, 5.41) is 3.62. The van der Waals surface area contributed by atoms with Gasteiger partial charge in [-0.05, 0) is 31.4 Å². The Bertz CT molecular complexity index is 759. The van der Waals surface area contributed by atoms with E-state index in [0.29, 0.717) is 30.9 Å². The van der Waals surface area contributed by atoms with Crippen LogP contribution in [0.3, 0.4) is 0 Å². The fraction of sp³-hybridized carbons (Fsp3) is 0.444. The minimum atomic E-state index is -0.0688. The van der Waals surface area contributed by atoms with Crippen LogP contribution in [0.1, 0.15) is 35.4 Å². The van der Waals surface area contributed by atoms with Gasteiger partial charge in [-0.3, -0.25) is 14.6 Å². The highest BCUT2D eigenvalue weighted by molar-refractivity contribution is 7.16. The fourth-order valence-corrected chi connectivity index (χ4v) is 3.90. The van der Waals surface area contributed by atoms with E-state index in [9.17, 15) is 9.59 Å². The van der Waals surface area contributed by atoms with Crippen molar-refractivity contribution < 1.29 is 9.59 Å². The molecule has 28 heavy (non-hydrogen) atoms. The molecule has 154 valence electrons. The number of pyridine rings is 1. The Kier molecular flexibility index (Phi) is 10.4. The molecule has 10 heteroatoms. The number of nitrogens with one attached hydrogen (secondary N) is 1. The average Bonchev–Trinajstić information content (AvgIpc) is 3.17. The molecule has 2 aromatic rings. The molecule has 1 aliphatic heterocycles. The zero-order valence-corrected chi connectivity index (χ0v) is 17.8. The highest BCUT2D eigenvalue weighted by atomic mass is 35.5. The van der Waals surface area contributed by atoms with Crippen LogP contribution in [0.2, 0.25) is 0 Å². The first kappa shape index (κ1) is 24.3. The second-order valence-electron chi connectivity index (χ2n) is 6.24. The smallest absolute Gasteiger partial charge is 0.265 e. The summed E-state index contributed by atoms with van der Waals surface area (Å²) in [7, 11) is 0. The normalized spacial score (nSPS) is 15.9. The average molecular weight is 446 g/mol. The molecule has 0 spiro atoms. The molecular weight excluding hydrogens is 421 g/mol. The number of rotatable bonds is 6. The summed E-state index contributed by atoms with van der Waals surface area (Å²) < 4.78 is 0. The molecule has 1 atom stereocenters. The summed E-state index contributed by atoms with van der Waals surface area (Å²) in [5.74, 6) is -0.0943. The van der Waals surface area contributed by atoms with Crippen molar-refractivity contribution in [3.63, 3.8) is 0 Å². The van der Waals surface area contributed by atoms with Gasteiger partial charge in [-0.1, -0.05) is 6.07 Å². The van der Waals surface area contributed by atoms with Crippen LogP contribution in [0.5, 0.6) is 0 Å². The van der Waals surface area contributed by atoms with E-state index in [4.69, 9.17) is 5.73 Å². The molecule has 0 aliphatic carbocycles. The molecule has 7 nitrogen and oxygen atoms in total. The Morgan fingerprint density at radius 3 is 2.79 bits per heavy atom. The number of thiazole rings is 1. The van der Waals surface area contributed by atoms with Crippen LogP contribution >= 0.6 is 36.2 Å². The largest absolute Gasteiger partial charge is 0.354 e. The predicted octanol–water partition coefficient (Wildman–Crippen LogP) is 2.51. The highest BCUT2D eigenvalue weighted by Gasteiger charge is 2.29. The standard InChI is InChI=1S/C18H23N5O2S.2ClH/c19-8-7-16(24)21-11-13-5-2-4-10-23(13)18(25)15-12-22-17(26-15)14-6-1-3-9-20-14;;/h1,3,6,9,12-13H,2,4-5,7-8,10-11,19H2,(H,21,24);2*1H. The molecule has 3 heterocycles. The van der Waals surface area contributed by atoms with Crippen LogP contribution in [0.4, 0.5) is 0 Å². The van der Waals surface area contributed by atoms with Crippen molar-refractivity contribution in [2.75, 3.05) is 19.6 Å². The van der Waals surface area contributed by atoms with Crippen molar-refractivity contribution in [3.8, 4) is 10.7 Å². The van der Waals surface area contributed by atoms with E-state index in [-0.39, 0.29) is 42.7 Å². The van der Waals surface area contributed by atoms with E-state index in [1.165, 1.54) is 11.3 Å². The van der Waals surface area contributed by atoms with E-state index in [2.05, 4.69) is 15.3 Å². The zero-order valence-electron chi connectivity index (χ0n) is 15.4. The molecule has 2 aromatic heterocycles. The third-order valence-electron chi connectivity index (χ3n) is 4.39. The maximum absolute atomic E-state index is 13.0. The minimum Gasteiger partial charge on any atom is -0.354 e. The Balaban J connectivity index is 0.00000196. The third kappa shape index (κ3) is 6.13. The van der Waals surface area contributed by atoms with Crippen LogP contribution in [0.15, 0.2) is 30.6 Å². The third-order valence-corrected chi connectivity index (χ3v) is 5.40. The summed E-state index contributed by atoms with van der Waals surface area (Å²) in [6.45, 7) is 1.50. The summed E-state index contributed by atoms with van der Waals surface area (Å²) in [4.78, 5) is 35.7. The first-order valence-corrected chi connectivity index (χ1v) is 9.65. The summed E-state index contributed by atoms with van der Waals surface area (Å²) >= 11 is 1.35. The van der Waals surface area contributed by atoms with Gasteiger partial charge in [0, 0.05) is 38.3 Å². The number of likely N-dealkylation sites (tertiary alicyclic amines) is 1. The lowest BCUT2D eigenvalue weighted by Gasteiger charge is -2.35. The number of hydrogen-bond acceptors (Lipinski definition) is 6. The number of aromatic nitrogens is 2. The Morgan fingerprint density at radius 2 is 2.07 bits per heavy atom. The number of nitrogens with two attached hydrogens (primary N) is 1. The molecule has 3 rings (SSSR count). The molecule has 1 unspecified atom stereocenters. The van der Waals surface area contributed by atoms with E-state index < -0.39 is 0 Å². The quantitative estimate of drug-likeness (QED) is 0.710. The maximum atomic E-state index is 13.0. The van der Waals surface area contributed by atoms with Crippen LogP contribution in [-0.4, -0.2) is 52.4 Å². The summed E-state index contributed by atoms with van der Waals surface area (Å²) in [5.41, 5.74) is 6.17. The number of hydrogen-bond donors (Lipinski definition) is 2. The number of nitrogens with zero attached hydrogens (tertiary/aromatic N) is 3. The number of halogens is 2. The number of carbonyl (C=O) groups excluding carboxylic acids is 2. The van der Waals surface area contributed by atoms with Crippen LogP contribution in [0.25, 0.3) is 10.7 Å². The summed E-state index contributed by atoms with van der Waals surface area (Å²) in [6.07, 6.45) is 6.57. The topological polar surface area (TPSA) is 101 Å². The molecular formula is C18H25Cl2N5O2S. The molecule has 0 radical (unpaired) electrons. The molecule has 1 saturated heterocycles. The molecule has 0 aromatic carbocycles. The SMILES string of the molecule is Cl.Cl.NCCC(=O)NCC1CCCCN1C(=O)c1cnc(-c2ccccn2)s1. The molecule has 1 fully saturated rings. The molecule has 2 amide bonds. The maximum Gasteiger partial charge on any atom is 0.265 e.